The predicted molar refractivity (Wildman–Crippen MR) is 72.5 cm³/mol. The number of nitrogens with one attached hydrogen (secondary N) is 1. The van der Waals surface area contributed by atoms with E-state index in [2.05, 4.69) is 23.4 Å². The molecular weight excluding hydrogens is 226 g/mol. The van der Waals surface area contributed by atoms with E-state index >= 15 is 0 Å². The average Bonchev–Trinajstić information content (AvgIpc) is 3.11. The van der Waals surface area contributed by atoms with Gasteiger partial charge in [-0.15, -0.1) is 0 Å². The molecule has 0 radical (unpaired) electrons. The zero-order chi connectivity index (χ0) is 13.0. The van der Waals surface area contributed by atoms with Crippen molar-refractivity contribution in [3.05, 3.63) is 18.0 Å². The van der Waals surface area contributed by atoms with E-state index in [0.29, 0.717) is 5.41 Å². The summed E-state index contributed by atoms with van der Waals surface area (Å²) in [5.74, 6) is 0.856. The van der Waals surface area contributed by atoms with Crippen molar-refractivity contribution in [1.29, 1.82) is 0 Å². The molecule has 1 aliphatic carbocycles. The van der Waals surface area contributed by atoms with Gasteiger partial charge in [-0.2, -0.15) is 5.10 Å². The zero-order valence-electron chi connectivity index (χ0n) is 11.8. The molecule has 1 atom stereocenters. The minimum absolute atomic E-state index is 0.335. The number of methoxy groups -OCH3 is 1. The monoisotopic (exact) mass is 251 g/mol. The van der Waals surface area contributed by atoms with Crippen LogP contribution in [-0.4, -0.2) is 36.6 Å². The standard InChI is InChI=1S/C14H25N3O/c1-14(12-4-5-12,11-15-7-9-18-3)10-13-6-8-17(2)16-13/h6,8,12,15H,4-5,7,9-11H2,1-3H3. The summed E-state index contributed by atoms with van der Waals surface area (Å²) in [6.45, 7) is 5.15. The van der Waals surface area contributed by atoms with Crippen molar-refractivity contribution in [3.63, 3.8) is 0 Å². The molecule has 0 saturated heterocycles. The number of hydrogen-bond acceptors (Lipinski definition) is 3. The minimum atomic E-state index is 0.335. The van der Waals surface area contributed by atoms with Crippen molar-refractivity contribution < 1.29 is 4.74 Å². The van der Waals surface area contributed by atoms with Crippen molar-refractivity contribution in [2.75, 3.05) is 26.8 Å². The van der Waals surface area contributed by atoms with Gasteiger partial charge in [-0.25, -0.2) is 0 Å². The number of hydrogen-bond donors (Lipinski definition) is 1. The Balaban J connectivity index is 1.89. The van der Waals surface area contributed by atoms with Gasteiger partial charge in [0.15, 0.2) is 0 Å². The Morgan fingerprint density at radius 1 is 1.56 bits per heavy atom. The lowest BCUT2D eigenvalue weighted by atomic mass is 9.80. The van der Waals surface area contributed by atoms with Gasteiger partial charge in [0.05, 0.1) is 12.3 Å². The average molecular weight is 251 g/mol. The molecule has 0 aliphatic heterocycles. The van der Waals surface area contributed by atoms with E-state index in [1.54, 1.807) is 7.11 Å². The van der Waals surface area contributed by atoms with E-state index < -0.39 is 0 Å². The zero-order valence-corrected chi connectivity index (χ0v) is 11.8. The molecule has 1 saturated carbocycles. The van der Waals surface area contributed by atoms with Crippen molar-refractivity contribution in [2.24, 2.45) is 18.4 Å². The maximum Gasteiger partial charge on any atom is 0.0630 e. The molecule has 4 nitrogen and oxygen atoms in total. The summed E-state index contributed by atoms with van der Waals surface area (Å²) in [5, 5.41) is 8.03. The first-order valence-electron chi connectivity index (χ1n) is 6.82. The molecule has 1 aromatic heterocycles. The minimum Gasteiger partial charge on any atom is -0.383 e. The van der Waals surface area contributed by atoms with E-state index in [9.17, 15) is 0 Å². The van der Waals surface area contributed by atoms with Gasteiger partial charge in [0.1, 0.15) is 0 Å². The van der Waals surface area contributed by atoms with Crippen LogP contribution >= 0.6 is 0 Å². The highest BCUT2D eigenvalue weighted by atomic mass is 16.5. The van der Waals surface area contributed by atoms with E-state index in [0.717, 1.165) is 32.0 Å². The largest absolute Gasteiger partial charge is 0.383 e. The second-order valence-corrected chi connectivity index (χ2v) is 5.76. The fraction of sp³-hybridized carbons (Fsp3) is 0.786. The Kier molecular flexibility index (Phi) is 4.40. The summed E-state index contributed by atoms with van der Waals surface area (Å²) in [5.41, 5.74) is 1.54. The van der Waals surface area contributed by atoms with E-state index in [1.807, 2.05) is 17.9 Å². The third kappa shape index (κ3) is 3.56. The number of aromatic nitrogens is 2. The SMILES string of the molecule is COCCNCC(C)(Cc1ccn(C)n1)C1CC1. The van der Waals surface area contributed by atoms with Crippen LogP contribution in [-0.2, 0) is 18.2 Å². The lowest BCUT2D eigenvalue weighted by Crippen LogP contribution is -2.37. The summed E-state index contributed by atoms with van der Waals surface area (Å²) in [6, 6.07) is 2.13. The van der Waals surface area contributed by atoms with Gasteiger partial charge in [0.2, 0.25) is 0 Å². The molecule has 1 heterocycles. The first-order valence-corrected chi connectivity index (χ1v) is 6.82. The van der Waals surface area contributed by atoms with E-state index in [4.69, 9.17) is 4.74 Å². The fourth-order valence-corrected chi connectivity index (χ4v) is 2.65. The van der Waals surface area contributed by atoms with Crippen LogP contribution in [0.1, 0.15) is 25.5 Å². The van der Waals surface area contributed by atoms with Crippen LogP contribution in [0.4, 0.5) is 0 Å². The Hall–Kier alpha value is -0.870. The molecular formula is C14H25N3O. The Morgan fingerprint density at radius 3 is 2.89 bits per heavy atom. The summed E-state index contributed by atoms with van der Waals surface area (Å²) in [6.07, 6.45) is 5.84. The number of nitrogens with zero attached hydrogens (tertiary/aromatic N) is 2. The van der Waals surface area contributed by atoms with Gasteiger partial charge in [0, 0.05) is 33.4 Å². The molecule has 0 aromatic carbocycles. The van der Waals surface area contributed by atoms with Crippen LogP contribution in [0.15, 0.2) is 12.3 Å². The summed E-state index contributed by atoms with van der Waals surface area (Å²) < 4.78 is 6.97. The highest BCUT2D eigenvalue weighted by Crippen LogP contribution is 2.46. The van der Waals surface area contributed by atoms with Crippen LogP contribution in [0.3, 0.4) is 0 Å². The maximum atomic E-state index is 5.08. The Bertz CT molecular complexity index is 373. The van der Waals surface area contributed by atoms with Gasteiger partial charge in [-0.05, 0) is 36.7 Å². The van der Waals surface area contributed by atoms with Crippen LogP contribution in [0.5, 0.6) is 0 Å². The van der Waals surface area contributed by atoms with Crippen molar-refractivity contribution >= 4 is 0 Å². The molecule has 0 bridgehead atoms. The molecule has 4 heteroatoms. The summed E-state index contributed by atoms with van der Waals surface area (Å²) >= 11 is 0. The van der Waals surface area contributed by atoms with E-state index in [-0.39, 0.29) is 0 Å². The normalized spacial score (nSPS) is 18.8. The van der Waals surface area contributed by atoms with Gasteiger partial charge >= 0.3 is 0 Å². The number of aryl methyl sites for hydroxylation is 1. The number of rotatable bonds is 8. The Labute approximate surface area is 110 Å². The predicted octanol–water partition coefficient (Wildman–Crippen LogP) is 1.61. The summed E-state index contributed by atoms with van der Waals surface area (Å²) in [7, 11) is 3.73. The van der Waals surface area contributed by atoms with Gasteiger partial charge in [0.25, 0.3) is 0 Å². The van der Waals surface area contributed by atoms with Crippen molar-refractivity contribution in [3.8, 4) is 0 Å². The van der Waals surface area contributed by atoms with Crippen LogP contribution < -0.4 is 5.32 Å². The molecule has 1 aromatic rings. The van der Waals surface area contributed by atoms with Crippen LogP contribution in [0.2, 0.25) is 0 Å². The lowest BCUT2D eigenvalue weighted by molar-refractivity contribution is 0.186. The molecule has 1 unspecified atom stereocenters. The Morgan fingerprint density at radius 2 is 2.33 bits per heavy atom. The first-order chi connectivity index (χ1) is 8.64. The third-order valence-electron chi connectivity index (χ3n) is 3.93. The summed E-state index contributed by atoms with van der Waals surface area (Å²) in [4.78, 5) is 0. The topological polar surface area (TPSA) is 39.1 Å². The highest BCUT2D eigenvalue weighted by Gasteiger charge is 2.41. The lowest BCUT2D eigenvalue weighted by Gasteiger charge is -2.29. The molecule has 2 rings (SSSR count). The third-order valence-corrected chi connectivity index (χ3v) is 3.93. The van der Waals surface area contributed by atoms with Crippen LogP contribution in [0, 0.1) is 11.3 Å². The van der Waals surface area contributed by atoms with Gasteiger partial charge in [-0.1, -0.05) is 6.92 Å². The first kappa shape index (κ1) is 13.6. The molecule has 0 spiro atoms. The fourth-order valence-electron chi connectivity index (χ4n) is 2.65. The molecule has 102 valence electrons. The highest BCUT2D eigenvalue weighted by molar-refractivity contribution is 5.06. The molecule has 1 fully saturated rings. The van der Waals surface area contributed by atoms with Crippen LogP contribution in [0.25, 0.3) is 0 Å². The quantitative estimate of drug-likeness (QED) is 0.714. The van der Waals surface area contributed by atoms with Gasteiger partial charge < -0.3 is 10.1 Å². The van der Waals surface area contributed by atoms with Crippen molar-refractivity contribution in [2.45, 2.75) is 26.2 Å². The molecule has 0 amide bonds. The van der Waals surface area contributed by atoms with E-state index in [1.165, 1.54) is 18.5 Å². The second kappa shape index (κ2) is 5.85. The number of ether oxygens (including phenoxy) is 1. The maximum absolute atomic E-state index is 5.08. The smallest absolute Gasteiger partial charge is 0.0630 e. The molecule has 1 aliphatic rings. The van der Waals surface area contributed by atoms with Gasteiger partial charge in [-0.3, -0.25) is 4.68 Å². The molecule has 1 N–H and O–H groups in total. The second-order valence-electron chi connectivity index (χ2n) is 5.76. The molecule has 18 heavy (non-hydrogen) atoms. The van der Waals surface area contributed by atoms with Crippen molar-refractivity contribution in [1.82, 2.24) is 15.1 Å².